The van der Waals surface area contributed by atoms with E-state index in [0.29, 0.717) is 32.0 Å². The molecule has 2 N–H and O–H groups in total. The minimum atomic E-state index is -0.114. The average Bonchev–Trinajstić information content (AvgIpc) is 3.60. The molecular formula is C24H29IN6O2. The Morgan fingerprint density at radius 3 is 2.45 bits per heavy atom. The number of guanidine groups is 1. The highest BCUT2D eigenvalue weighted by Gasteiger charge is 2.58. The second-order valence-corrected chi connectivity index (χ2v) is 8.66. The summed E-state index contributed by atoms with van der Waals surface area (Å²) in [7, 11) is 1.72. The number of carbonyl (C=O) groups excluding carboxylic acids is 2. The van der Waals surface area contributed by atoms with Crippen molar-refractivity contribution in [1.29, 1.82) is 0 Å². The van der Waals surface area contributed by atoms with Crippen molar-refractivity contribution in [1.82, 2.24) is 25.3 Å². The number of nitrogens with zero attached hydrogens (tertiary/aromatic N) is 4. The predicted molar refractivity (Wildman–Crippen MR) is 136 cm³/mol. The number of para-hydroxylation sites is 1. The summed E-state index contributed by atoms with van der Waals surface area (Å²) in [6, 6.07) is 9.96. The highest BCUT2D eigenvalue weighted by atomic mass is 127. The molecule has 4 atom stereocenters. The molecule has 9 heteroatoms. The second kappa shape index (κ2) is 10.1. The molecule has 5 rings (SSSR count). The van der Waals surface area contributed by atoms with Crippen molar-refractivity contribution in [2.45, 2.75) is 19.4 Å². The number of rotatable bonds is 7. The van der Waals surface area contributed by atoms with Crippen molar-refractivity contribution in [2.24, 2.45) is 28.7 Å². The number of hydrogen-bond acceptors (Lipinski definition) is 4. The van der Waals surface area contributed by atoms with Crippen molar-refractivity contribution in [3.63, 3.8) is 0 Å². The van der Waals surface area contributed by atoms with E-state index in [-0.39, 0.29) is 59.5 Å². The molecule has 3 aliphatic rings. The first-order chi connectivity index (χ1) is 15.7. The summed E-state index contributed by atoms with van der Waals surface area (Å²) in [6.45, 7) is 1.67. The fraction of sp³-hybridized carbons (Fsp3) is 0.417. The standard InChI is InChI=1S/C24H28N6O2.HI/c1-25-24(27-13-16-14-28-30(15-16)19-6-3-2-4-7-19)26-10-5-11-29-22(31)20-17-8-9-18(12-17)21(20)23(29)32;/h2-4,6-9,14-15,17-18,20-21H,5,10-13H2,1H3,(H2,25,26,27);1H. The summed E-state index contributed by atoms with van der Waals surface area (Å²) in [6.07, 6.45) is 9.72. The van der Waals surface area contributed by atoms with Crippen LogP contribution in [0.15, 0.2) is 59.9 Å². The Bertz CT molecular complexity index is 1040. The number of hydrogen-bond donors (Lipinski definition) is 2. The lowest BCUT2D eigenvalue weighted by Crippen LogP contribution is -2.39. The van der Waals surface area contributed by atoms with Gasteiger partial charge in [0.2, 0.25) is 11.8 Å². The van der Waals surface area contributed by atoms with Gasteiger partial charge >= 0.3 is 0 Å². The third kappa shape index (κ3) is 4.55. The smallest absolute Gasteiger partial charge is 0.233 e. The van der Waals surface area contributed by atoms with Crippen LogP contribution in [0.25, 0.3) is 5.69 Å². The van der Waals surface area contributed by atoms with Crippen molar-refractivity contribution in [3.8, 4) is 5.69 Å². The molecule has 1 aromatic heterocycles. The van der Waals surface area contributed by atoms with Crippen molar-refractivity contribution >= 4 is 41.8 Å². The van der Waals surface area contributed by atoms with Gasteiger partial charge in [0.1, 0.15) is 0 Å². The van der Waals surface area contributed by atoms with E-state index in [1.165, 1.54) is 4.90 Å². The molecule has 2 heterocycles. The number of carbonyl (C=O) groups is 2. The molecule has 2 bridgehead atoms. The first-order valence-electron chi connectivity index (χ1n) is 11.2. The van der Waals surface area contributed by atoms with Crippen LogP contribution in [0.4, 0.5) is 0 Å². The number of aliphatic imine (C=N–C) groups is 1. The van der Waals surface area contributed by atoms with Gasteiger partial charge in [-0.05, 0) is 36.8 Å². The molecule has 0 spiro atoms. The quantitative estimate of drug-likeness (QED) is 0.136. The Labute approximate surface area is 210 Å². The van der Waals surface area contributed by atoms with Gasteiger partial charge in [-0.1, -0.05) is 30.4 Å². The molecule has 1 aliphatic heterocycles. The van der Waals surface area contributed by atoms with Gasteiger partial charge in [-0.3, -0.25) is 19.5 Å². The highest BCUT2D eigenvalue weighted by Crippen LogP contribution is 2.52. The van der Waals surface area contributed by atoms with Crippen LogP contribution in [0, 0.1) is 23.7 Å². The zero-order chi connectivity index (χ0) is 22.1. The van der Waals surface area contributed by atoms with E-state index < -0.39 is 0 Å². The van der Waals surface area contributed by atoms with E-state index in [1.54, 1.807) is 7.05 Å². The van der Waals surface area contributed by atoms with Crippen LogP contribution in [0.5, 0.6) is 0 Å². The molecule has 4 unspecified atom stereocenters. The number of fused-ring (bicyclic) bond motifs is 5. The number of likely N-dealkylation sites (tertiary alicyclic amines) is 1. The fourth-order valence-electron chi connectivity index (χ4n) is 5.21. The zero-order valence-electron chi connectivity index (χ0n) is 18.6. The molecule has 8 nitrogen and oxygen atoms in total. The first-order valence-corrected chi connectivity index (χ1v) is 11.2. The van der Waals surface area contributed by atoms with E-state index in [2.05, 4.69) is 32.9 Å². The van der Waals surface area contributed by atoms with Crippen molar-refractivity contribution in [2.75, 3.05) is 20.1 Å². The molecule has 0 radical (unpaired) electrons. The van der Waals surface area contributed by atoms with Crippen LogP contribution in [0.1, 0.15) is 18.4 Å². The minimum absolute atomic E-state index is 0. The maximum atomic E-state index is 12.7. The molecule has 2 fully saturated rings. The third-order valence-corrected chi connectivity index (χ3v) is 6.75. The molecule has 2 amide bonds. The van der Waals surface area contributed by atoms with Gasteiger partial charge in [-0.2, -0.15) is 5.10 Å². The Morgan fingerprint density at radius 2 is 1.79 bits per heavy atom. The number of benzene rings is 1. The molecule has 1 saturated carbocycles. The monoisotopic (exact) mass is 560 g/mol. The molecule has 1 aromatic carbocycles. The van der Waals surface area contributed by atoms with Crippen molar-refractivity contribution < 1.29 is 9.59 Å². The van der Waals surface area contributed by atoms with Gasteiger partial charge in [0.05, 0.1) is 23.7 Å². The van der Waals surface area contributed by atoms with Gasteiger partial charge in [0.25, 0.3) is 0 Å². The Hall–Kier alpha value is -2.69. The molecule has 33 heavy (non-hydrogen) atoms. The lowest BCUT2D eigenvalue weighted by Gasteiger charge is -2.18. The Balaban J connectivity index is 0.00000259. The Kier molecular flexibility index (Phi) is 7.16. The number of imide groups is 1. The Morgan fingerprint density at radius 1 is 1.09 bits per heavy atom. The van der Waals surface area contributed by atoms with E-state index in [9.17, 15) is 9.59 Å². The van der Waals surface area contributed by atoms with E-state index in [1.807, 2.05) is 47.4 Å². The number of aromatic nitrogens is 2. The second-order valence-electron chi connectivity index (χ2n) is 8.66. The molecule has 1 saturated heterocycles. The lowest BCUT2D eigenvalue weighted by atomic mass is 9.85. The van der Waals surface area contributed by atoms with E-state index in [0.717, 1.165) is 17.7 Å². The topological polar surface area (TPSA) is 91.6 Å². The summed E-state index contributed by atoms with van der Waals surface area (Å²) in [5.41, 5.74) is 2.06. The lowest BCUT2D eigenvalue weighted by molar-refractivity contribution is -0.140. The summed E-state index contributed by atoms with van der Waals surface area (Å²) in [4.78, 5) is 31.2. The maximum absolute atomic E-state index is 12.7. The number of halogens is 1. The van der Waals surface area contributed by atoms with Crippen LogP contribution >= 0.6 is 24.0 Å². The first kappa shape index (κ1) is 23.5. The average molecular weight is 560 g/mol. The summed E-state index contributed by atoms with van der Waals surface area (Å²) >= 11 is 0. The van der Waals surface area contributed by atoms with E-state index >= 15 is 0 Å². The highest BCUT2D eigenvalue weighted by molar-refractivity contribution is 14.0. The molecule has 2 aromatic rings. The van der Waals surface area contributed by atoms with Crippen molar-refractivity contribution in [3.05, 3.63) is 60.4 Å². The zero-order valence-corrected chi connectivity index (χ0v) is 20.9. The number of amides is 2. The minimum Gasteiger partial charge on any atom is -0.356 e. The van der Waals surface area contributed by atoms with Gasteiger partial charge in [0.15, 0.2) is 5.96 Å². The van der Waals surface area contributed by atoms with Crippen LogP contribution in [-0.2, 0) is 16.1 Å². The molecule has 2 aliphatic carbocycles. The maximum Gasteiger partial charge on any atom is 0.233 e. The number of nitrogens with one attached hydrogen (secondary N) is 2. The van der Waals surface area contributed by atoms with Gasteiger partial charge in [0, 0.05) is 38.4 Å². The summed E-state index contributed by atoms with van der Waals surface area (Å²) < 4.78 is 1.84. The largest absolute Gasteiger partial charge is 0.356 e. The predicted octanol–water partition coefficient (Wildman–Crippen LogP) is 2.35. The number of allylic oxidation sites excluding steroid dienone is 2. The fourth-order valence-corrected chi connectivity index (χ4v) is 5.21. The molecule has 174 valence electrons. The van der Waals surface area contributed by atoms with Gasteiger partial charge in [-0.25, -0.2) is 4.68 Å². The molecular weight excluding hydrogens is 531 g/mol. The normalized spacial score (nSPS) is 25.4. The van der Waals surface area contributed by atoms with Crippen LogP contribution < -0.4 is 10.6 Å². The van der Waals surface area contributed by atoms with Crippen LogP contribution in [0.2, 0.25) is 0 Å². The van der Waals surface area contributed by atoms with Gasteiger partial charge in [-0.15, -0.1) is 24.0 Å². The SMILES string of the molecule is CN=C(NCCCN1C(=O)C2C3C=CC(C3)C2C1=O)NCc1cnn(-c2ccccc2)c1.I. The third-order valence-electron chi connectivity index (χ3n) is 6.75. The van der Waals surface area contributed by atoms with E-state index in [4.69, 9.17) is 0 Å². The summed E-state index contributed by atoms with van der Waals surface area (Å²) in [5.74, 6) is 1.02. The van der Waals surface area contributed by atoms with Gasteiger partial charge < -0.3 is 10.6 Å². The van der Waals surface area contributed by atoms with Crippen LogP contribution in [-0.4, -0.2) is 52.6 Å². The van der Waals surface area contributed by atoms with Crippen LogP contribution in [0.3, 0.4) is 0 Å². The summed E-state index contributed by atoms with van der Waals surface area (Å²) in [5, 5.41) is 10.9.